The molecule has 0 radical (unpaired) electrons. The molecule has 0 unspecified atom stereocenters. The predicted octanol–water partition coefficient (Wildman–Crippen LogP) is 1.84. The number of fused-ring (bicyclic) bond motifs is 1. The van der Waals surface area contributed by atoms with Crippen LogP contribution in [0, 0.1) is 0 Å². The predicted molar refractivity (Wildman–Crippen MR) is 68.0 cm³/mol. The molecule has 0 atom stereocenters. The van der Waals surface area contributed by atoms with E-state index in [1.54, 1.807) is 12.1 Å². The van der Waals surface area contributed by atoms with Crippen LogP contribution in [0.5, 0.6) is 11.5 Å². The summed E-state index contributed by atoms with van der Waals surface area (Å²) in [5, 5.41) is 3.27. The summed E-state index contributed by atoms with van der Waals surface area (Å²) < 4.78 is 34.5. The highest BCUT2D eigenvalue weighted by Gasteiger charge is 2.43. The summed E-state index contributed by atoms with van der Waals surface area (Å²) in [4.78, 5) is 2.27. The van der Waals surface area contributed by atoms with Crippen molar-refractivity contribution in [1.29, 1.82) is 0 Å². The second-order valence-corrected chi connectivity index (χ2v) is 4.47. The van der Waals surface area contributed by atoms with Crippen LogP contribution in [-0.2, 0) is 6.54 Å². The average Bonchev–Trinajstić information content (AvgIpc) is 2.63. The molecular weight excluding hydrogens is 278 g/mol. The van der Waals surface area contributed by atoms with E-state index in [1.807, 2.05) is 0 Å². The number of rotatable bonds is 2. The van der Waals surface area contributed by atoms with E-state index in [0.717, 1.165) is 38.3 Å². The lowest BCUT2D eigenvalue weighted by molar-refractivity contribution is -0.286. The SMILES string of the molecule is Cl.FC1(F)Oc2ccc(CN3CCNCC3)cc2O1. The Morgan fingerprint density at radius 1 is 1.16 bits per heavy atom. The average molecular weight is 293 g/mol. The fourth-order valence-electron chi connectivity index (χ4n) is 2.22. The molecule has 1 aromatic rings. The summed E-state index contributed by atoms with van der Waals surface area (Å²) in [6.07, 6.45) is -3.53. The lowest BCUT2D eigenvalue weighted by atomic mass is 10.2. The Balaban J connectivity index is 0.00000133. The molecule has 106 valence electrons. The number of piperazine rings is 1. The minimum absolute atomic E-state index is 0. The van der Waals surface area contributed by atoms with Crippen LogP contribution in [0.15, 0.2) is 18.2 Å². The van der Waals surface area contributed by atoms with Crippen LogP contribution in [0.3, 0.4) is 0 Å². The van der Waals surface area contributed by atoms with E-state index in [0.29, 0.717) is 0 Å². The van der Waals surface area contributed by atoms with Crippen molar-refractivity contribution in [3.63, 3.8) is 0 Å². The zero-order valence-electron chi connectivity index (χ0n) is 10.2. The molecule has 0 amide bonds. The van der Waals surface area contributed by atoms with Gasteiger partial charge in [-0.05, 0) is 17.7 Å². The number of nitrogens with zero attached hydrogens (tertiary/aromatic N) is 1. The second-order valence-electron chi connectivity index (χ2n) is 4.47. The lowest BCUT2D eigenvalue weighted by Gasteiger charge is -2.27. The molecule has 0 saturated carbocycles. The van der Waals surface area contributed by atoms with E-state index in [1.165, 1.54) is 6.07 Å². The fraction of sp³-hybridized carbons (Fsp3) is 0.500. The maximum Gasteiger partial charge on any atom is 0.586 e. The first-order valence-corrected chi connectivity index (χ1v) is 5.94. The number of alkyl halides is 2. The first-order chi connectivity index (χ1) is 8.62. The topological polar surface area (TPSA) is 33.7 Å². The summed E-state index contributed by atoms with van der Waals surface area (Å²) in [5.41, 5.74) is 0.956. The largest absolute Gasteiger partial charge is 0.586 e. The number of nitrogens with one attached hydrogen (secondary N) is 1. The van der Waals surface area contributed by atoms with Gasteiger partial charge in [0.25, 0.3) is 0 Å². The highest BCUT2D eigenvalue weighted by atomic mass is 35.5. The van der Waals surface area contributed by atoms with Gasteiger partial charge < -0.3 is 14.8 Å². The van der Waals surface area contributed by atoms with Gasteiger partial charge in [-0.15, -0.1) is 21.2 Å². The molecule has 1 aromatic carbocycles. The van der Waals surface area contributed by atoms with Crippen molar-refractivity contribution in [2.75, 3.05) is 26.2 Å². The van der Waals surface area contributed by atoms with E-state index in [-0.39, 0.29) is 23.9 Å². The van der Waals surface area contributed by atoms with Crippen LogP contribution in [-0.4, -0.2) is 37.4 Å². The number of hydrogen-bond acceptors (Lipinski definition) is 4. The minimum atomic E-state index is -3.53. The first-order valence-electron chi connectivity index (χ1n) is 5.94. The molecule has 7 heteroatoms. The third-order valence-corrected chi connectivity index (χ3v) is 3.08. The van der Waals surface area contributed by atoms with Crippen molar-refractivity contribution < 1.29 is 18.3 Å². The van der Waals surface area contributed by atoms with Crippen LogP contribution < -0.4 is 14.8 Å². The Hall–Kier alpha value is -1.11. The molecular formula is C12H15ClF2N2O2. The highest BCUT2D eigenvalue weighted by molar-refractivity contribution is 5.85. The highest BCUT2D eigenvalue weighted by Crippen LogP contribution is 2.41. The van der Waals surface area contributed by atoms with Crippen LogP contribution >= 0.6 is 12.4 Å². The molecule has 1 fully saturated rings. The number of ether oxygens (including phenoxy) is 2. The van der Waals surface area contributed by atoms with Gasteiger partial charge in [-0.25, -0.2) is 0 Å². The van der Waals surface area contributed by atoms with Gasteiger partial charge in [0.05, 0.1) is 0 Å². The van der Waals surface area contributed by atoms with Crippen LogP contribution in [0.1, 0.15) is 5.56 Å². The van der Waals surface area contributed by atoms with E-state index in [2.05, 4.69) is 19.7 Å². The Morgan fingerprint density at radius 3 is 2.58 bits per heavy atom. The van der Waals surface area contributed by atoms with Crippen molar-refractivity contribution in [1.82, 2.24) is 10.2 Å². The summed E-state index contributed by atoms with van der Waals surface area (Å²) in [6.45, 7) is 4.59. The summed E-state index contributed by atoms with van der Waals surface area (Å²) in [7, 11) is 0. The van der Waals surface area contributed by atoms with Crippen molar-refractivity contribution in [2.24, 2.45) is 0 Å². The number of halogens is 3. The first kappa shape index (κ1) is 14.3. The second kappa shape index (κ2) is 5.48. The van der Waals surface area contributed by atoms with Crippen molar-refractivity contribution >= 4 is 12.4 Å². The summed E-state index contributed by atoms with van der Waals surface area (Å²) in [6, 6.07) is 4.96. The van der Waals surface area contributed by atoms with Gasteiger partial charge in [0.15, 0.2) is 11.5 Å². The van der Waals surface area contributed by atoms with Crippen molar-refractivity contribution in [3.05, 3.63) is 23.8 Å². The summed E-state index contributed by atoms with van der Waals surface area (Å²) in [5.74, 6) is 0.219. The standard InChI is InChI=1S/C12H14F2N2O2.ClH/c13-12(14)17-10-2-1-9(7-11(10)18-12)8-16-5-3-15-4-6-16;/h1-2,7,15H,3-6,8H2;1H. The van der Waals surface area contributed by atoms with Crippen LogP contribution in [0.25, 0.3) is 0 Å². The molecule has 0 aliphatic carbocycles. The Morgan fingerprint density at radius 2 is 1.84 bits per heavy atom. The Kier molecular flexibility index (Phi) is 4.13. The van der Waals surface area contributed by atoms with E-state index >= 15 is 0 Å². The molecule has 0 spiro atoms. The maximum atomic E-state index is 12.9. The van der Waals surface area contributed by atoms with Crippen LogP contribution in [0.2, 0.25) is 0 Å². The van der Waals surface area contributed by atoms with Gasteiger partial charge in [-0.1, -0.05) is 6.07 Å². The van der Waals surface area contributed by atoms with Gasteiger partial charge >= 0.3 is 6.29 Å². The molecule has 1 N–H and O–H groups in total. The molecule has 3 rings (SSSR count). The zero-order chi connectivity index (χ0) is 12.6. The molecule has 0 aromatic heterocycles. The maximum absolute atomic E-state index is 12.9. The number of hydrogen-bond donors (Lipinski definition) is 1. The van der Waals surface area contributed by atoms with E-state index in [9.17, 15) is 8.78 Å². The van der Waals surface area contributed by atoms with Gasteiger partial charge in [0.2, 0.25) is 0 Å². The van der Waals surface area contributed by atoms with E-state index < -0.39 is 6.29 Å². The molecule has 2 aliphatic rings. The lowest BCUT2D eigenvalue weighted by Crippen LogP contribution is -2.42. The minimum Gasteiger partial charge on any atom is -0.395 e. The molecule has 4 nitrogen and oxygen atoms in total. The van der Waals surface area contributed by atoms with Gasteiger partial charge in [0.1, 0.15) is 0 Å². The smallest absolute Gasteiger partial charge is 0.395 e. The monoisotopic (exact) mass is 292 g/mol. The zero-order valence-corrected chi connectivity index (χ0v) is 11.0. The molecule has 19 heavy (non-hydrogen) atoms. The molecule has 2 aliphatic heterocycles. The Labute approximate surface area is 116 Å². The molecule has 2 heterocycles. The van der Waals surface area contributed by atoms with Crippen molar-refractivity contribution in [2.45, 2.75) is 12.8 Å². The van der Waals surface area contributed by atoms with Crippen LogP contribution in [0.4, 0.5) is 8.78 Å². The Bertz CT molecular complexity index is 453. The third-order valence-electron chi connectivity index (χ3n) is 3.08. The normalized spacial score (nSPS) is 20.9. The van der Waals surface area contributed by atoms with Gasteiger partial charge in [-0.2, -0.15) is 0 Å². The molecule has 1 saturated heterocycles. The van der Waals surface area contributed by atoms with E-state index in [4.69, 9.17) is 0 Å². The molecule has 0 bridgehead atoms. The fourth-order valence-corrected chi connectivity index (χ4v) is 2.22. The van der Waals surface area contributed by atoms with Crippen molar-refractivity contribution in [3.8, 4) is 11.5 Å². The summed E-state index contributed by atoms with van der Waals surface area (Å²) >= 11 is 0. The number of benzene rings is 1. The quantitative estimate of drug-likeness (QED) is 0.902. The third kappa shape index (κ3) is 3.26. The van der Waals surface area contributed by atoms with Gasteiger partial charge in [0, 0.05) is 32.7 Å². The van der Waals surface area contributed by atoms with Gasteiger partial charge in [-0.3, -0.25) is 4.90 Å².